The van der Waals surface area contributed by atoms with Crippen molar-refractivity contribution in [2.75, 3.05) is 13.2 Å². The lowest BCUT2D eigenvalue weighted by Crippen LogP contribution is -2.64. The molecule has 0 aromatic rings. The number of hydrogen-bond donors (Lipinski definition) is 6. The summed E-state index contributed by atoms with van der Waals surface area (Å²) in [5, 5.41) is 50.2. The summed E-state index contributed by atoms with van der Waals surface area (Å²) in [5.41, 5.74) is 0. The van der Waals surface area contributed by atoms with E-state index in [9.17, 15) is 44.6 Å². The van der Waals surface area contributed by atoms with Crippen LogP contribution in [-0.4, -0.2) is 98.3 Å². The van der Waals surface area contributed by atoms with Crippen molar-refractivity contribution in [2.24, 2.45) is 0 Å². The van der Waals surface area contributed by atoms with Crippen LogP contribution in [0.15, 0.2) is 24.3 Å². The van der Waals surface area contributed by atoms with Gasteiger partial charge in [0.1, 0.15) is 43.2 Å². The molecule has 14 heteroatoms. The number of carbonyl (C=O) groups excluding carboxylic acids is 2. The molecular formula is C51H95O13P. The second kappa shape index (κ2) is 41.3. The standard InChI is InChI=1S/C51H95O13P/c1-3-5-7-9-11-13-15-17-19-20-21-22-23-24-26-27-29-31-33-35-37-39-44(52)61-41-43(42-62-65(59,60)64-51-49(57)47(55)46(54)48(56)50(51)58)63-45(53)40-38-36-34-32-30-28-25-18-16-14-12-10-8-6-4-2/h17-19,25,43,46-51,54-58H,3-16,20-24,26-42H2,1-2H3,(H,59,60)/b19-17+,25-18+/t43-,46?,47-,48?,49?,50?,51?/m0/s1. The van der Waals surface area contributed by atoms with Crippen LogP contribution in [0.4, 0.5) is 0 Å². The van der Waals surface area contributed by atoms with Gasteiger partial charge in [-0.1, -0.05) is 179 Å². The zero-order chi connectivity index (χ0) is 47.8. The average molecular weight is 947 g/mol. The second-order valence-electron chi connectivity index (χ2n) is 18.4. The first-order valence-electron chi connectivity index (χ1n) is 26.1. The third-order valence-electron chi connectivity index (χ3n) is 12.3. The van der Waals surface area contributed by atoms with Crippen LogP contribution in [0, 0.1) is 0 Å². The van der Waals surface area contributed by atoms with Gasteiger partial charge in [0, 0.05) is 12.8 Å². The van der Waals surface area contributed by atoms with Crippen LogP contribution in [0.2, 0.25) is 0 Å². The van der Waals surface area contributed by atoms with Gasteiger partial charge in [-0.05, 0) is 64.2 Å². The molecule has 13 nitrogen and oxygen atoms in total. The molecule has 1 aliphatic carbocycles. The van der Waals surface area contributed by atoms with E-state index in [4.69, 9.17) is 18.5 Å². The van der Waals surface area contributed by atoms with Gasteiger partial charge in [0.15, 0.2) is 6.10 Å². The van der Waals surface area contributed by atoms with Gasteiger partial charge in [-0.25, -0.2) is 4.57 Å². The fraction of sp³-hybridized carbons (Fsp3) is 0.882. The number of hydrogen-bond acceptors (Lipinski definition) is 12. The summed E-state index contributed by atoms with van der Waals surface area (Å²) in [5.74, 6) is -1.10. The number of phosphoric ester groups is 1. The molecule has 0 aromatic heterocycles. The van der Waals surface area contributed by atoms with Crippen molar-refractivity contribution < 1.29 is 63.1 Å². The van der Waals surface area contributed by atoms with Crippen LogP contribution in [0.3, 0.4) is 0 Å². The van der Waals surface area contributed by atoms with E-state index in [0.717, 1.165) is 57.8 Å². The summed E-state index contributed by atoms with van der Waals surface area (Å²) in [4.78, 5) is 35.8. The molecule has 1 saturated carbocycles. The number of esters is 2. The molecule has 0 saturated heterocycles. The molecule has 1 rings (SSSR count). The van der Waals surface area contributed by atoms with Gasteiger partial charge in [-0.3, -0.25) is 18.6 Å². The maximum absolute atomic E-state index is 12.8. The quantitative estimate of drug-likeness (QED) is 0.0146. The highest BCUT2D eigenvalue weighted by Crippen LogP contribution is 2.47. The minimum absolute atomic E-state index is 0.0890. The maximum Gasteiger partial charge on any atom is 0.472 e. The predicted molar refractivity (Wildman–Crippen MR) is 258 cm³/mol. The number of phosphoric acid groups is 1. The Morgan fingerprint density at radius 3 is 1.17 bits per heavy atom. The first kappa shape index (κ1) is 61.3. The van der Waals surface area contributed by atoms with Crippen molar-refractivity contribution in [2.45, 2.75) is 275 Å². The number of carbonyl (C=O) groups is 2. The van der Waals surface area contributed by atoms with E-state index in [0.29, 0.717) is 12.8 Å². The van der Waals surface area contributed by atoms with Gasteiger partial charge < -0.3 is 39.9 Å². The Bertz CT molecular complexity index is 1230. The Kier molecular flexibility index (Phi) is 39.0. The molecule has 0 aliphatic heterocycles. The summed E-state index contributed by atoms with van der Waals surface area (Å²) in [6.45, 7) is 3.31. The van der Waals surface area contributed by atoms with E-state index in [1.54, 1.807) is 0 Å². The monoisotopic (exact) mass is 947 g/mol. The molecule has 65 heavy (non-hydrogen) atoms. The molecule has 0 bridgehead atoms. The van der Waals surface area contributed by atoms with Gasteiger partial charge in [-0.15, -0.1) is 0 Å². The number of unbranched alkanes of at least 4 members (excludes halogenated alkanes) is 28. The first-order chi connectivity index (χ1) is 31.4. The summed E-state index contributed by atoms with van der Waals surface area (Å²) in [7, 11) is -5.12. The van der Waals surface area contributed by atoms with Crippen LogP contribution in [0.5, 0.6) is 0 Å². The van der Waals surface area contributed by atoms with Gasteiger partial charge in [0.05, 0.1) is 6.61 Å². The molecule has 1 aliphatic rings. The first-order valence-corrected chi connectivity index (χ1v) is 27.6. The highest BCUT2D eigenvalue weighted by molar-refractivity contribution is 7.47. The van der Waals surface area contributed by atoms with Gasteiger partial charge in [0.2, 0.25) is 0 Å². The molecule has 0 amide bonds. The van der Waals surface area contributed by atoms with E-state index in [2.05, 4.69) is 38.2 Å². The van der Waals surface area contributed by atoms with Crippen molar-refractivity contribution in [3.05, 3.63) is 24.3 Å². The average Bonchev–Trinajstić information content (AvgIpc) is 3.29. The summed E-state index contributed by atoms with van der Waals surface area (Å²) < 4.78 is 33.6. The largest absolute Gasteiger partial charge is 0.472 e. The van der Waals surface area contributed by atoms with E-state index in [1.165, 1.54) is 135 Å². The zero-order valence-corrected chi connectivity index (χ0v) is 41.7. The number of ether oxygens (including phenoxy) is 2. The Labute approximate surface area is 394 Å². The third-order valence-corrected chi connectivity index (χ3v) is 13.3. The van der Waals surface area contributed by atoms with Crippen molar-refractivity contribution >= 4 is 19.8 Å². The van der Waals surface area contributed by atoms with Crippen molar-refractivity contribution in [1.82, 2.24) is 0 Å². The lowest BCUT2D eigenvalue weighted by Gasteiger charge is -2.41. The molecule has 382 valence electrons. The highest BCUT2D eigenvalue weighted by Gasteiger charge is 2.51. The number of aliphatic hydroxyl groups excluding tert-OH is 5. The van der Waals surface area contributed by atoms with Crippen LogP contribution >= 0.6 is 7.82 Å². The minimum atomic E-state index is -5.12. The Morgan fingerprint density at radius 1 is 0.462 bits per heavy atom. The fourth-order valence-corrected chi connectivity index (χ4v) is 9.02. The van der Waals surface area contributed by atoms with Crippen LogP contribution in [0.25, 0.3) is 0 Å². The van der Waals surface area contributed by atoms with E-state index in [-0.39, 0.29) is 12.8 Å². The molecular weight excluding hydrogens is 852 g/mol. The molecule has 0 radical (unpaired) electrons. The van der Waals surface area contributed by atoms with Crippen molar-refractivity contribution in [1.29, 1.82) is 0 Å². The van der Waals surface area contributed by atoms with Crippen LogP contribution in [-0.2, 0) is 32.7 Å². The summed E-state index contributed by atoms with van der Waals surface area (Å²) >= 11 is 0. The van der Waals surface area contributed by atoms with Gasteiger partial charge in [-0.2, -0.15) is 0 Å². The van der Waals surface area contributed by atoms with Crippen LogP contribution < -0.4 is 0 Å². The Morgan fingerprint density at radius 2 is 0.785 bits per heavy atom. The topological polar surface area (TPSA) is 210 Å². The molecule has 0 spiro atoms. The summed E-state index contributed by atoms with van der Waals surface area (Å²) in [6.07, 6.45) is 33.7. The minimum Gasteiger partial charge on any atom is -0.462 e. The number of allylic oxidation sites excluding steroid dienone is 4. The van der Waals surface area contributed by atoms with Gasteiger partial charge >= 0.3 is 19.8 Å². The van der Waals surface area contributed by atoms with E-state index in [1.807, 2.05) is 0 Å². The maximum atomic E-state index is 12.8. The predicted octanol–water partition coefficient (Wildman–Crippen LogP) is 11.2. The molecule has 0 heterocycles. The molecule has 8 atom stereocenters. The smallest absolute Gasteiger partial charge is 0.462 e. The van der Waals surface area contributed by atoms with Crippen molar-refractivity contribution in [3.8, 4) is 0 Å². The Hall–Kier alpha value is -1.67. The van der Waals surface area contributed by atoms with E-state index >= 15 is 0 Å². The Balaban J connectivity index is 2.37. The molecule has 1 fully saturated rings. The molecule has 6 unspecified atom stereocenters. The summed E-state index contributed by atoms with van der Waals surface area (Å²) in [6, 6.07) is 0. The highest BCUT2D eigenvalue weighted by atomic mass is 31.2. The van der Waals surface area contributed by atoms with Crippen LogP contribution in [0.1, 0.15) is 232 Å². The lowest BCUT2D eigenvalue weighted by molar-refractivity contribution is -0.220. The number of aliphatic hydroxyl groups is 5. The lowest BCUT2D eigenvalue weighted by atomic mass is 9.85. The third kappa shape index (κ3) is 33.5. The molecule has 0 aromatic carbocycles. The fourth-order valence-electron chi connectivity index (χ4n) is 8.04. The van der Waals surface area contributed by atoms with Crippen molar-refractivity contribution in [3.63, 3.8) is 0 Å². The second-order valence-corrected chi connectivity index (χ2v) is 19.8. The number of rotatable bonds is 44. The SMILES string of the molecule is CCCCCCCC/C=C/CCCCCCCCCCCCCC(=O)OC[C@@H](COP(=O)(O)OC1C(O)C(O)C(O)[C@H](O)C1O)OC(=O)CCCCCCC/C=C/CCCCCCCC. The molecule has 6 N–H and O–H groups in total. The zero-order valence-electron chi connectivity index (χ0n) is 40.8. The van der Waals surface area contributed by atoms with E-state index < -0.39 is 75.7 Å². The normalized spacial score (nSPS) is 21.5. The van der Waals surface area contributed by atoms with Gasteiger partial charge in [0.25, 0.3) is 0 Å².